The van der Waals surface area contributed by atoms with Crippen molar-refractivity contribution >= 4 is 35.0 Å². The fraction of sp³-hybridized carbons (Fsp3) is 0.294. The van der Waals surface area contributed by atoms with Gasteiger partial charge in [0.1, 0.15) is 0 Å². The summed E-state index contributed by atoms with van der Waals surface area (Å²) in [7, 11) is 0. The van der Waals surface area contributed by atoms with E-state index >= 15 is 0 Å². The van der Waals surface area contributed by atoms with Gasteiger partial charge >= 0.3 is 0 Å². The predicted molar refractivity (Wildman–Crippen MR) is 94.7 cm³/mol. The van der Waals surface area contributed by atoms with Gasteiger partial charge in [-0.3, -0.25) is 0 Å². The molecule has 0 aliphatic rings. The molecule has 0 aliphatic heterocycles. The summed E-state index contributed by atoms with van der Waals surface area (Å²) in [5, 5.41) is 5.15. The summed E-state index contributed by atoms with van der Waals surface area (Å²) in [6.45, 7) is 3.18. The van der Waals surface area contributed by atoms with Crippen LogP contribution in [0.25, 0.3) is 0 Å². The fourth-order valence-corrected chi connectivity index (χ4v) is 3.46. The summed E-state index contributed by atoms with van der Waals surface area (Å²) in [6.07, 6.45) is 1.12. The third-order valence-electron chi connectivity index (χ3n) is 3.13. The molecule has 0 heterocycles. The molecule has 1 unspecified atom stereocenters. The Labute approximate surface area is 141 Å². The lowest BCUT2D eigenvalue weighted by atomic mass is 10.1. The second-order valence-corrected chi connectivity index (χ2v) is 6.79. The van der Waals surface area contributed by atoms with E-state index in [1.807, 2.05) is 42.1 Å². The number of hydrogen-bond donors (Lipinski definition) is 1. The highest BCUT2D eigenvalue weighted by molar-refractivity contribution is 7.99. The van der Waals surface area contributed by atoms with Crippen molar-refractivity contribution in [2.45, 2.75) is 24.3 Å². The van der Waals surface area contributed by atoms with Gasteiger partial charge in [0.25, 0.3) is 0 Å². The average molecular weight is 340 g/mol. The maximum atomic E-state index is 6.03. The molecular weight excluding hydrogens is 321 g/mol. The van der Waals surface area contributed by atoms with Crippen molar-refractivity contribution in [3.05, 3.63) is 64.1 Å². The van der Waals surface area contributed by atoms with Crippen molar-refractivity contribution in [3.8, 4) is 0 Å². The third kappa shape index (κ3) is 5.55. The zero-order chi connectivity index (χ0) is 15.1. The van der Waals surface area contributed by atoms with Crippen LogP contribution in [0.15, 0.2) is 53.4 Å². The number of thioether (sulfide) groups is 1. The van der Waals surface area contributed by atoms with E-state index < -0.39 is 0 Å². The lowest BCUT2D eigenvalue weighted by molar-refractivity contribution is 0.577. The SMILES string of the molecule is CCCNC(CSc1cccc(Cl)c1)c1ccc(Cl)cc1. The third-order valence-corrected chi connectivity index (χ3v) is 4.70. The molecule has 112 valence electrons. The van der Waals surface area contributed by atoms with Crippen molar-refractivity contribution in [2.24, 2.45) is 0 Å². The second-order valence-electron chi connectivity index (χ2n) is 4.83. The molecule has 21 heavy (non-hydrogen) atoms. The number of nitrogens with one attached hydrogen (secondary N) is 1. The van der Waals surface area contributed by atoms with Gasteiger partial charge < -0.3 is 5.32 Å². The topological polar surface area (TPSA) is 12.0 Å². The van der Waals surface area contributed by atoms with Crippen molar-refractivity contribution in [3.63, 3.8) is 0 Å². The highest BCUT2D eigenvalue weighted by atomic mass is 35.5. The van der Waals surface area contributed by atoms with E-state index in [9.17, 15) is 0 Å². The zero-order valence-corrected chi connectivity index (χ0v) is 14.3. The smallest absolute Gasteiger partial charge is 0.0417 e. The Kier molecular flexibility index (Phi) is 6.91. The Bertz CT molecular complexity index is 557. The molecule has 0 spiro atoms. The monoisotopic (exact) mass is 339 g/mol. The Morgan fingerprint density at radius 3 is 2.48 bits per heavy atom. The van der Waals surface area contributed by atoms with E-state index in [-0.39, 0.29) is 0 Å². The van der Waals surface area contributed by atoms with Gasteiger partial charge in [0.2, 0.25) is 0 Å². The van der Waals surface area contributed by atoms with Crippen LogP contribution in [-0.4, -0.2) is 12.3 Å². The number of halogens is 2. The quantitative estimate of drug-likeness (QED) is 0.637. The molecule has 0 amide bonds. The van der Waals surface area contributed by atoms with Gasteiger partial charge in [0.05, 0.1) is 0 Å². The molecule has 0 saturated heterocycles. The Hall–Kier alpha value is -0.670. The Morgan fingerprint density at radius 1 is 1.05 bits per heavy atom. The van der Waals surface area contributed by atoms with Crippen LogP contribution >= 0.6 is 35.0 Å². The summed E-state index contributed by atoms with van der Waals surface area (Å²) < 4.78 is 0. The fourth-order valence-electron chi connectivity index (χ4n) is 2.02. The predicted octanol–water partition coefficient (Wildman–Crippen LogP) is 5.83. The molecule has 4 heteroatoms. The van der Waals surface area contributed by atoms with Crippen LogP contribution in [0.3, 0.4) is 0 Å². The van der Waals surface area contributed by atoms with Crippen LogP contribution in [0.1, 0.15) is 24.9 Å². The summed E-state index contributed by atoms with van der Waals surface area (Å²) >= 11 is 13.8. The van der Waals surface area contributed by atoms with Crippen molar-refractivity contribution < 1.29 is 0 Å². The van der Waals surface area contributed by atoms with Crippen molar-refractivity contribution in [1.29, 1.82) is 0 Å². The van der Waals surface area contributed by atoms with Crippen LogP contribution < -0.4 is 5.32 Å². The largest absolute Gasteiger partial charge is 0.309 e. The van der Waals surface area contributed by atoms with Gasteiger partial charge in [-0.15, -0.1) is 11.8 Å². The summed E-state index contributed by atoms with van der Waals surface area (Å²) in [4.78, 5) is 1.19. The van der Waals surface area contributed by atoms with Gasteiger partial charge in [-0.25, -0.2) is 0 Å². The summed E-state index contributed by atoms with van der Waals surface area (Å²) in [5.41, 5.74) is 1.27. The second kappa shape index (κ2) is 8.70. The van der Waals surface area contributed by atoms with Crippen LogP contribution in [0.4, 0.5) is 0 Å². The highest BCUT2D eigenvalue weighted by Gasteiger charge is 2.11. The number of hydrogen-bond acceptors (Lipinski definition) is 2. The van der Waals surface area contributed by atoms with Gasteiger partial charge in [-0.2, -0.15) is 0 Å². The maximum absolute atomic E-state index is 6.03. The standard InChI is InChI=1S/C17H19Cl2NS/c1-2-10-20-17(13-6-8-14(18)9-7-13)12-21-16-5-3-4-15(19)11-16/h3-9,11,17,20H,2,10,12H2,1H3. The molecule has 2 rings (SSSR count). The highest BCUT2D eigenvalue weighted by Crippen LogP contribution is 2.27. The molecule has 0 aromatic heterocycles. The van der Waals surface area contributed by atoms with Gasteiger partial charge in [-0.05, 0) is 48.9 Å². The molecule has 1 atom stereocenters. The van der Waals surface area contributed by atoms with E-state index in [1.165, 1.54) is 10.5 Å². The lowest BCUT2D eigenvalue weighted by Gasteiger charge is -2.19. The molecule has 1 nitrogen and oxygen atoms in total. The van der Waals surface area contributed by atoms with E-state index in [0.717, 1.165) is 28.8 Å². The first-order valence-electron chi connectivity index (χ1n) is 7.06. The van der Waals surface area contributed by atoms with E-state index in [0.29, 0.717) is 6.04 Å². The van der Waals surface area contributed by atoms with Crippen molar-refractivity contribution in [2.75, 3.05) is 12.3 Å². The Morgan fingerprint density at radius 2 is 1.81 bits per heavy atom. The first-order valence-corrected chi connectivity index (χ1v) is 8.80. The molecule has 1 N–H and O–H groups in total. The summed E-state index contributed by atoms with van der Waals surface area (Å²) in [5.74, 6) is 0.960. The van der Waals surface area contributed by atoms with E-state index in [4.69, 9.17) is 23.2 Å². The van der Waals surface area contributed by atoms with Gasteiger partial charge in [0, 0.05) is 26.7 Å². The molecule has 0 bridgehead atoms. The van der Waals surface area contributed by atoms with Gasteiger partial charge in [0.15, 0.2) is 0 Å². The van der Waals surface area contributed by atoms with Gasteiger partial charge in [-0.1, -0.05) is 48.3 Å². The van der Waals surface area contributed by atoms with Crippen LogP contribution in [-0.2, 0) is 0 Å². The van der Waals surface area contributed by atoms with E-state index in [2.05, 4.69) is 30.4 Å². The minimum Gasteiger partial charge on any atom is -0.309 e. The van der Waals surface area contributed by atoms with Crippen LogP contribution in [0.2, 0.25) is 10.0 Å². The molecule has 0 aliphatic carbocycles. The molecule has 0 saturated carbocycles. The van der Waals surface area contributed by atoms with E-state index in [1.54, 1.807) is 0 Å². The minimum atomic E-state index is 0.311. The van der Waals surface area contributed by atoms with Crippen LogP contribution in [0, 0.1) is 0 Å². The maximum Gasteiger partial charge on any atom is 0.0417 e. The molecule has 0 fully saturated rings. The normalized spacial score (nSPS) is 12.3. The lowest BCUT2D eigenvalue weighted by Crippen LogP contribution is -2.24. The molecule has 2 aromatic carbocycles. The Balaban J connectivity index is 2.04. The van der Waals surface area contributed by atoms with Crippen molar-refractivity contribution in [1.82, 2.24) is 5.32 Å². The number of benzene rings is 2. The zero-order valence-electron chi connectivity index (χ0n) is 12.0. The average Bonchev–Trinajstić information content (AvgIpc) is 2.49. The first-order chi connectivity index (χ1) is 10.2. The molecular formula is C17H19Cl2NS. The molecule has 2 aromatic rings. The molecule has 0 radical (unpaired) electrons. The summed E-state index contributed by atoms with van der Waals surface area (Å²) in [6, 6.07) is 16.4. The first kappa shape index (κ1) is 16.7. The number of rotatable bonds is 7. The van der Waals surface area contributed by atoms with Crippen LogP contribution in [0.5, 0.6) is 0 Å². The minimum absolute atomic E-state index is 0.311.